The highest BCUT2D eigenvalue weighted by Gasteiger charge is 2.39. The van der Waals surface area contributed by atoms with Crippen LogP contribution in [0.25, 0.3) is 0 Å². The molecule has 0 saturated carbocycles. The van der Waals surface area contributed by atoms with Gasteiger partial charge in [-0.2, -0.15) is 5.10 Å². The Balaban J connectivity index is 1.72. The molecule has 4 rings (SSSR count). The van der Waals surface area contributed by atoms with Crippen molar-refractivity contribution < 1.29 is 4.74 Å². The Bertz CT molecular complexity index is 720. The van der Waals surface area contributed by atoms with E-state index in [4.69, 9.17) is 9.84 Å². The van der Waals surface area contributed by atoms with Gasteiger partial charge in [0.2, 0.25) is 0 Å². The van der Waals surface area contributed by atoms with Gasteiger partial charge in [-0.05, 0) is 18.6 Å². The molecular formula is C19H20N2O. The zero-order chi connectivity index (χ0) is 15.1. The van der Waals surface area contributed by atoms with Crippen molar-refractivity contribution in [3.63, 3.8) is 0 Å². The SMILES string of the molecule is CC[C@@H]1Oc2ccccc2[C@@H]2CC(c3ccc(C)cc3)=NN12. The lowest BCUT2D eigenvalue weighted by atomic mass is 9.96. The summed E-state index contributed by atoms with van der Waals surface area (Å²) < 4.78 is 6.12. The van der Waals surface area contributed by atoms with E-state index in [0.717, 1.165) is 24.3 Å². The molecule has 2 heterocycles. The minimum atomic E-state index is 0.0304. The van der Waals surface area contributed by atoms with Gasteiger partial charge in [-0.15, -0.1) is 0 Å². The topological polar surface area (TPSA) is 24.8 Å². The molecule has 0 radical (unpaired) electrons. The molecule has 2 aliphatic rings. The maximum Gasteiger partial charge on any atom is 0.187 e. The summed E-state index contributed by atoms with van der Waals surface area (Å²) in [7, 11) is 0. The molecule has 112 valence electrons. The van der Waals surface area contributed by atoms with Crippen molar-refractivity contribution in [3.8, 4) is 5.75 Å². The number of hydrazone groups is 1. The van der Waals surface area contributed by atoms with Crippen molar-refractivity contribution in [1.82, 2.24) is 5.01 Å². The molecule has 0 N–H and O–H groups in total. The first kappa shape index (κ1) is 13.4. The van der Waals surface area contributed by atoms with E-state index in [0.29, 0.717) is 6.04 Å². The minimum absolute atomic E-state index is 0.0304. The van der Waals surface area contributed by atoms with Crippen LogP contribution in [0.3, 0.4) is 0 Å². The fourth-order valence-corrected chi connectivity index (χ4v) is 3.30. The summed E-state index contributed by atoms with van der Waals surface area (Å²) in [6, 6.07) is 17.3. The highest BCUT2D eigenvalue weighted by atomic mass is 16.5. The number of benzene rings is 2. The average Bonchev–Trinajstić information content (AvgIpc) is 3.00. The van der Waals surface area contributed by atoms with E-state index >= 15 is 0 Å². The van der Waals surface area contributed by atoms with Crippen LogP contribution in [0.2, 0.25) is 0 Å². The van der Waals surface area contributed by atoms with E-state index in [1.165, 1.54) is 16.7 Å². The first-order chi connectivity index (χ1) is 10.8. The number of rotatable bonds is 2. The Kier molecular flexibility index (Phi) is 3.14. The van der Waals surface area contributed by atoms with E-state index in [1.54, 1.807) is 0 Å². The number of para-hydroxylation sites is 1. The van der Waals surface area contributed by atoms with Crippen molar-refractivity contribution in [2.75, 3.05) is 0 Å². The van der Waals surface area contributed by atoms with Gasteiger partial charge in [0.15, 0.2) is 6.23 Å². The lowest BCUT2D eigenvalue weighted by Crippen LogP contribution is -2.39. The molecule has 2 aromatic rings. The third-order valence-electron chi connectivity index (χ3n) is 4.51. The number of hydrogen-bond donors (Lipinski definition) is 0. The third-order valence-corrected chi connectivity index (χ3v) is 4.51. The monoisotopic (exact) mass is 292 g/mol. The summed E-state index contributed by atoms with van der Waals surface area (Å²) in [5.41, 5.74) is 4.90. The molecule has 3 nitrogen and oxygen atoms in total. The normalized spacial score (nSPS) is 22.6. The molecule has 2 aliphatic heterocycles. The second-order valence-electron chi connectivity index (χ2n) is 6.03. The molecule has 0 aromatic heterocycles. The van der Waals surface area contributed by atoms with Gasteiger partial charge >= 0.3 is 0 Å². The molecule has 2 atom stereocenters. The fourth-order valence-electron chi connectivity index (χ4n) is 3.30. The van der Waals surface area contributed by atoms with Crippen LogP contribution in [0, 0.1) is 6.92 Å². The number of fused-ring (bicyclic) bond motifs is 3. The van der Waals surface area contributed by atoms with Crippen molar-refractivity contribution in [1.29, 1.82) is 0 Å². The van der Waals surface area contributed by atoms with Gasteiger partial charge in [-0.25, -0.2) is 0 Å². The van der Waals surface area contributed by atoms with E-state index in [2.05, 4.69) is 61.3 Å². The highest BCUT2D eigenvalue weighted by Crippen LogP contribution is 2.43. The summed E-state index contributed by atoms with van der Waals surface area (Å²) in [4.78, 5) is 0. The van der Waals surface area contributed by atoms with Crippen molar-refractivity contribution in [3.05, 3.63) is 65.2 Å². The average molecular weight is 292 g/mol. The van der Waals surface area contributed by atoms with Gasteiger partial charge in [-0.1, -0.05) is 55.0 Å². The first-order valence-corrected chi connectivity index (χ1v) is 7.94. The summed E-state index contributed by atoms with van der Waals surface area (Å²) >= 11 is 0. The second-order valence-corrected chi connectivity index (χ2v) is 6.03. The van der Waals surface area contributed by atoms with Gasteiger partial charge in [0.05, 0.1) is 11.8 Å². The first-order valence-electron chi connectivity index (χ1n) is 7.94. The molecule has 0 fully saturated rings. The third kappa shape index (κ3) is 2.08. The van der Waals surface area contributed by atoms with Crippen LogP contribution in [0.5, 0.6) is 5.75 Å². The van der Waals surface area contributed by atoms with Crippen LogP contribution in [0.15, 0.2) is 53.6 Å². The Morgan fingerprint density at radius 1 is 1.14 bits per heavy atom. The van der Waals surface area contributed by atoms with Gasteiger partial charge in [-0.3, -0.25) is 5.01 Å². The molecule has 0 saturated heterocycles. The van der Waals surface area contributed by atoms with E-state index in [1.807, 2.05) is 6.07 Å². The summed E-state index contributed by atoms with van der Waals surface area (Å²) in [6.45, 7) is 4.26. The summed E-state index contributed by atoms with van der Waals surface area (Å²) in [5.74, 6) is 1.01. The molecule has 0 spiro atoms. The molecule has 22 heavy (non-hydrogen) atoms. The predicted octanol–water partition coefficient (Wildman–Crippen LogP) is 4.27. The summed E-state index contributed by atoms with van der Waals surface area (Å²) in [6.07, 6.45) is 1.90. The van der Waals surface area contributed by atoms with Crippen LogP contribution in [0.4, 0.5) is 0 Å². The summed E-state index contributed by atoms with van der Waals surface area (Å²) in [5, 5.41) is 7.04. The molecule has 0 amide bonds. The van der Waals surface area contributed by atoms with E-state index in [-0.39, 0.29) is 6.23 Å². The lowest BCUT2D eigenvalue weighted by molar-refractivity contribution is -0.0188. The van der Waals surface area contributed by atoms with Crippen LogP contribution >= 0.6 is 0 Å². The smallest absolute Gasteiger partial charge is 0.187 e. The molecular weight excluding hydrogens is 272 g/mol. The van der Waals surface area contributed by atoms with Crippen LogP contribution < -0.4 is 4.74 Å². The Hall–Kier alpha value is -2.29. The standard InChI is InChI=1S/C19H20N2O/c1-3-19-21-17(15-6-4-5-7-18(15)22-19)12-16(20-21)14-10-8-13(2)9-11-14/h4-11,17,19H,3,12H2,1-2H3/t17-,19-/m0/s1. The number of ether oxygens (including phenoxy) is 1. The van der Waals surface area contributed by atoms with Crippen molar-refractivity contribution >= 4 is 5.71 Å². The predicted molar refractivity (Wildman–Crippen MR) is 88.1 cm³/mol. The minimum Gasteiger partial charge on any atom is -0.469 e. The Morgan fingerprint density at radius 2 is 1.91 bits per heavy atom. The van der Waals surface area contributed by atoms with Crippen molar-refractivity contribution in [2.45, 2.75) is 39.0 Å². The van der Waals surface area contributed by atoms with Gasteiger partial charge in [0.25, 0.3) is 0 Å². The number of hydrogen-bond acceptors (Lipinski definition) is 3. The fraction of sp³-hybridized carbons (Fsp3) is 0.316. The van der Waals surface area contributed by atoms with Gasteiger partial charge in [0, 0.05) is 18.4 Å². The molecule has 3 heteroatoms. The zero-order valence-electron chi connectivity index (χ0n) is 13.0. The molecule has 0 aliphatic carbocycles. The zero-order valence-corrected chi connectivity index (χ0v) is 13.0. The second kappa shape index (κ2) is 5.16. The van der Waals surface area contributed by atoms with Crippen LogP contribution in [0.1, 0.15) is 42.5 Å². The lowest BCUT2D eigenvalue weighted by Gasteiger charge is -2.37. The van der Waals surface area contributed by atoms with E-state index in [9.17, 15) is 0 Å². The largest absolute Gasteiger partial charge is 0.469 e. The number of nitrogens with zero attached hydrogens (tertiary/aromatic N) is 2. The van der Waals surface area contributed by atoms with Gasteiger partial charge < -0.3 is 4.74 Å². The molecule has 0 bridgehead atoms. The van der Waals surface area contributed by atoms with Crippen LogP contribution in [-0.2, 0) is 0 Å². The highest BCUT2D eigenvalue weighted by molar-refractivity contribution is 6.01. The quantitative estimate of drug-likeness (QED) is 0.825. The molecule has 0 unspecified atom stereocenters. The molecule has 2 aromatic carbocycles. The Morgan fingerprint density at radius 3 is 2.68 bits per heavy atom. The van der Waals surface area contributed by atoms with Gasteiger partial charge in [0.1, 0.15) is 5.75 Å². The van der Waals surface area contributed by atoms with Crippen molar-refractivity contribution in [2.24, 2.45) is 5.10 Å². The maximum absolute atomic E-state index is 6.12. The number of aryl methyl sites for hydroxylation is 1. The van der Waals surface area contributed by atoms with Crippen LogP contribution in [-0.4, -0.2) is 16.9 Å². The Labute approximate surface area is 131 Å². The van der Waals surface area contributed by atoms with E-state index < -0.39 is 0 Å². The maximum atomic E-state index is 6.12.